The molecule has 1 aliphatic carbocycles. The molecule has 1 atom stereocenters. The molecule has 30 heavy (non-hydrogen) atoms. The van der Waals surface area contributed by atoms with E-state index in [-0.39, 0.29) is 11.8 Å². The van der Waals surface area contributed by atoms with E-state index in [2.05, 4.69) is 27.2 Å². The Morgan fingerprint density at radius 1 is 1.10 bits per heavy atom. The van der Waals surface area contributed by atoms with Crippen LogP contribution in [0.5, 0.6) is 17.2 Å². The molecule has 1 fully saturated rings. The lowest BCUT2D eigenvalue weighted by Crippen LogP contribution is -2.35. The largest absolute Gasteiger partial charge is 0.508 e. The van der Waals surface area contributed by atoms with E-state index in [0.29, 0.717) is 24.1 Å². The van der Waals surface area contributed by atoms with Gasteiger partial charge >= 0.3 is 0 Å². The van der Waals surface area contributed by atoms with Crippen molar-refractivity contribution in [3.05, 3.63) is 64.8 Å². The third kappa shape index (κ3) is 3.50. The van der Waals surface area contributed by atoms with Crippen molar-refractivity contribution in [2.24, 2.45) is 0 Å². The number of nitrogens with zero attached hydrogens (tertiary/aromatic N) is 3. The minimum Gasteiger partial charge on any atom is -0.508 e. The summed E-state index contributed by atoms with van der Waals surface area (Å²) in [5.41, 5.74) is 3.47. The van der Waals surface area contributed by atoms with Crippen LogP contribution in [0, 0.1) is 0 Å². The van der Waals surface area contributed by atoms with Gasteiger partial charge in [-0.2, -0.15) is 4.98 Å². The summed E-state index contributed by atoms with van der Waals surface area (Å²) in [6, 6.07) is 11.5. The maximum atomic E-state index is 9.78. The van der Waals surface area contributed by atoms with Gasteiger partial charge in [-0.3, -0.25) is 4.90 Å². The number of hydrogen-bond acceptors (Lipinski definition) is 7. The fourth-order valence-electron chi connectivity index (χ4n) is 4.23. The Balaban J connectivity index is 1.53. The van der Waals surface area contributed by atoms with Crippen LogP contribution in [0.2, 0.25) is 0 Å². The highest BCUT2D eigenvalue weighted by atomic mass is 16.5. The van der Waals surface area contributed by atoms with E-state index in [4.69, 9.17) is 14.0 Å². The van der Waals surface area contributed by atoms with Crippen LogP contribution < -0.4 is 9.47 Å². The zero-order valence-electron chi connectivity index (χ0n) is 17.2. The number of aromatic hydroxyl groups is 1. The molecule has 0 radical (unpaired) electrons. The van der Waals surface area contributed by atoms with Gasteiger partial charge in [-0.25, -0.2) is 0 Å². The highest BCUT2D eigenvalue weighted by Crippen LogP contribution is 2.42. The van der Waals surface area contributed by atoms with Crippen molar-refractivity contribution in [3.63, 3.8) is 0 Å². The Morgan fingerprint density at radius 2 is 1.83 bits per heavy atom. The summed E-state index contributed by atoms with van der Waals surface area (Å²) in [6.07, 6.45) is 3.18. The monoisotopic (exact) mass is 407 g/mol. The summed E-state index contributed by atoms with van der Waals surface area (Å²) < 4.78 is 16.6. The predicted molar refractivity (Wildman–Crippen MR) is 110 cm³/mol. The molecule has 7 heteroatoms. The van der Waals surface area contributed by atoms with Crippen LogP contribution in [0.3, 0.4) is 0 Å². The standard InChI is InChI=1S/C23H25N3O4/c1-28-19-11-16-9-10-26(13-21-24-23(25-30-21)15-3-4-15)22(18(16)12-20(19)29-2)14-5-7-17(27)8-6-14/h5-8,11-12,15,22,27H,3-4,9-10,13H2,1-2H3. The van der Waals surface area contributed by atoms with Gasteiger partial charge in [-0.1, -0.05) is 17.3 Å². The van der Waals surface area contributed by atoms with Crippen LogP contribution in [0.25, 0.3) is 0 Å². The highest BCUT2D eigenvalue weighted by molar-refractivity contribution is 5.52. The first kappa shape index (κ1) is 18.9. The van der Waals surface area contributed by atoms with E-state index < -0.39 is 0 Å². The second-order valence-electron chi connectivity index (χ2n) is 7.94. The van der Waals surface area contributed by atoms with Crippen molar-refractivity contribution in [2.75, 3.05) is 20.8 Å². The number of rotatable bonds is 6. The van der Waals surface area contributed by atoms with Crippen LogP contribution in [0.1, 0.15) is 53.2 Å². The topological polar surface area (TPSA) is 80.9 Å². The molecule has 156 valence electrons. The van der Waals surface area contributed by atoms with Crippen LogP contribution in [-0.4, -0.2) is 40.9 Å². The lowest BCUT2D eigenvalue weighted by Gasteiger charge is -2.37. The lowest BCUT2D eigenvalue weighted by molar-refractivity contribution is 0.177. The van der Waals surface area contributed by atoms with E-state index in [1.165, 1.54) is 5.56 Å². The Hall–Kier alpha value is -3.06. The van der Waals surface area contributed by atoms with Crippen LogP contribution >= 0.6 is 0 Å². The van der Waals surface area contributed by atoms with Crippen LogP contribution in [0.15, 0.2) is 40.9 Å². The molecule has 2 aliphatic rings. The van der Waals surface area contributed by atoms with E-state index in [1.807, 2.05) is 12.1 Å². The summed E-state index contributed by atoms with van der Waals surface area (Å²) in [7, 11) is 3.31. The van der Waals surface area contributed by atoms with Gasteiger partial charge in [0.25, 0.3) is 0 Å². The second-order valence-corrected chi connectivity index (χ2v) is 7.94. The molecule has 2 heterocycles. The maximum absolute atomic E-state index is 9.78. The molecule has 7 nitrogen and oxygen atoms in total. The van der Waals surface area contributed by atoms with Crippen LogP contribution in [0.4, 0.5) is 0 Å². The number of phenols is 1. The number of phenolic OH excluding ortho intramolecular Hbond substituents is 1. The molecule has 0 amide bonds. The Kier molecular flexibility index (Phi) is 4.83. The third-order valence-corrected chi connectivity index (χ3v) is 5.95. The fourth-order valence-corrected chi connectivity index (χ4v) is 4.23. The van der Waals surface area contributed by atoms with Gasteiger partial charge < -0.3 is 19.1 Å². The van der Waals surface area contributed by atoms with Gasteiger partial charge in [0, 0.05) is 12.5 Å². The first-order valence-electron chi connectivity index (χ1n) is 10.3. The third-order valence-electron chi connectivity index (χ3n) is 5.95. The maximum Gasteiger partial charge on any atom is 0.240 e. The van der Waals surface area contributed by atoms with Crippen molar-refractivity contribution >= 4 is 0 Å². The smallest absolute Gasteiger partial charge is 0.240 e. The fraction of sp³-hybridized carbons (Fsp3) is 0.391. The number of methoxy groups -OCH3 is 2. The zero-order chi connectivity index (χ0) is 20.7. The molecule has 5 rings (SSSR count). The van der Waals surface area contributed by atoms with Gasteiger partial charge in [0.15, 0.2) is 17.3 Å². The molecule has 1 saturated carbocycles. The number of benzene rings is 2. The summed E-state index contributed by atoms with van der Waals surface area (Å²) in [6.45, 7) is 1.41. The van der Waals surface area contributed by atoms with Crippen molar-refractivity contribution in [2.45, 2.75) is 37.8 Å². The molecule has 0 saturated heterocycles. The molecule has 0 bridgehead atoms. The molecular formula is C23H25N3O4. The summed E-state index contributed by atoms with van der Waals surface area (Å²) >= 11 is 0. The normalized spacial score (nSPS) is 18.8. The average Bonchev–Trinajstić information content (AvgIpc) is 3.52. The number of hydrogen-bond donors (Lipinski definition) is 1. The van der Waals surface area contributed by atoms with Crippen LogP contribution in [-0.2, 0) is 13.0 Å². The first-order chi connectivity index (χ1) is 14.7. The molecule has 1 N–H and O–H groups in total. The molecule has 1 aromatic heterocycles. The Morgan fingerprint density at radius 3 is 2.53 bits per heavy atom. The second kappa shape index (κ2) is 7.65. The van der Waals surface area contributed by atoms with Crippen molar-refractivity contribution in [1.29, 1.82) is 0 Å². The first-order valence-corrected chi connectivity index (χ1v) is 10.3. The Bertz CT molecular complexity index is 1040. The molecular weight excluding hydrogens is 382 g/mol. The molecule has 0 spiro atoms. The average molecular weight is 407 g/mol. The van der Waals surface area contributed by atoms with Gasteiger partial charge in [0.1, 0.15) is 5.75 Å². The zero-order valence-corrected chi connectivity index (χ0v) is 17.2. The number of aromatic nitrogens is 2. The van der Waals surface area contributed by atoms with E-state index >= 15 is 0 Å². The highest BCUT2D eigenvalue weighted by Gasteiger charge is 2.33. The van der Waals surface area contributed by atoms with Gasteiger partial charge in [-0.05, 0) is 60.2 Å². The predicted octanol–water partition coefficient (Wildman–Crippen LogP) is 3.82. The quantitative estimate of drug-likeness (QED) is 0.665. The van der Waals surface area contributed by atoms with Crippen molar-refractivity contribution in [1.82, 2.24) is 15.0 Å². The van der Waals surface area contributed by atoms with Gasteiger partial charge in [0.2, 0.25) is 5.89 Å². The molecule has 1 aliphatic heterocycles. The van der Waals surface area contributed by atoms with Gasteiger partial charge in [-0.15, -0.1) is 0 Å². The number of ether oxygens (including phenoxy) is 2. The van der Waals surface area contributed by atoms with Crippen molar-refractivity contribution in [3.8, 4) is 17.2 Å². The minimum absolute atomic E-state index is 0.0227. The Labute approximate surface area is 175 Å². The molecule has 2 aromatic carbocycles. The summed E-state index contributed by atoms with van der Waals surface area (Å²) in [5, 5.41) is 13.9. The van der Waals surface area contributed by atoms with E-state index in [9.17, 15) is 5.11 Å². The lowest BCUT2D eigenvalue weighted by atomic mass is 9.87. The summed E-state index contributed by atoms with van der Waals surface area (Å²) in [4.78, 5) is 6.96. The number of fused-ring (bicyclic) bond motifs is 1. The van der Waals surface area contributed by atoms with E-state index in [1.54, 1.807) is 26.4 Å². The van der Waals surface area contributed by atoms with Gasteiger partial charge in [0.05, 0.1) is 26.8 Å². The van der Waals surface area contributed by atoms with Crippen molar-refractivity contribution < 1.29 is 19.1 Å². The SMILES string of the molecule is COc1cc2c(cc1OC)C(c1ccc(O)cc1)N(Cc1nc(C3CC3)no1)CC2. The minimum atomic E-state index is -0.0227. The molecule has 3 aromatic rings. The summed E-state index contributed by atoms with van der Waals surface area (Å²) in [5.74, 6) is 3.63. The molecule has 1 unspecified atom stereocenters. The van der Waals surface area contributed by atoms with E-state index in [0.717, 1.165) is 48.5 Å².